The average molecular weight is 290 g/mol. The molecule has 0 radical (unpaired) electrons. The van der Waals surface area contributed by atoms with Gasteiger partial charge < -0.3 is 4.90 Å². The predicted molar refractivity (Wildman–Crippen MR) is 74.6 cm³/mol. The number of halogens is 1. The van der Waals surface area contributed by atoms with Gasteiger partial charge in [0, 0.05) is 6.54 Å². The summed E-state index contributed by atoms with van der Waals surface area (Å²) >= 11 is 1.21. The Labute approximate surface area is 119 Å². The van der Waals surface area contributed by atoms with Gasteiger partial charge in [-0.15, -0.1) is 16.6 Å². The Morgan fingerprint density at radius 2 is 2.20 bits per heavy atom. The van der Waals surface area contributed by atoms with E-state index >= 15 is 0 Å². The summed E-state index contributed by atoms with van der Waals surface area (Å²) in [4.78, 5) is 13.5. The molecule has 1 aromatic carbocycles. The van der Waals surface area contributed by atoms with Crippen molar-refractivity contribution >= 4 is 22.5 Å². The van der Waals surface area contributed by atoms with Crippen molar-refractivity contribution < 1.29 is 9.18 Å². The Hall–Kier alpha value is -2.46. The number of nitrogens with one attached hydrogen (secondary N) is 1. The molecule has 0 spiro atoms. The van der Waals surface area contributed by atoms with Crippen LogP contribution in [0, 0.1) is 18.2 Å². The van der Waals surface area contributed by atoms with E-state index in [1.165, 1.54) is 33.9 Å². The lowest BCUT2D eigenvalue weighted by atomic mass is 10.2. The number of urea groups is 1. The minimum Gasteiger partial charge on any atom is -0.309 e. The van der Waals surface area contributed by atoms with E-state index in [2.05, 4.69) is 21.4 Å². The molecule has 2 aromatic rings. The van der Waals surface area contributed by atoms with Crippen LogP contribution in [-0.4, -0.2) is 27.7 Å². The second-order valence-corrected chi connectivity index (χ2v) is 4.69. The number of benzene rings is 1. The van der Waals surface area contributed by atoms with Gasteiger partial charge in [-0.3, -0.25) is 5.32 Å². The van der Waals surface area contributed by atoms with Gasteiger partial charge in [0.05, 0.1) is 6.54 Å². The fraction of sp³-hybridized carbons (Fsp3) is 0.154. The van der Waals surface area contributed by atoms with Crippen molar-refractivity contribution in [2.75, 3.05) is 11.9 Å². The minimum absolute atomic E-state index is 0.141. The van der Waals surface area contributed by atoms with Crippen molar-refractivity contribution in [2.24, 2.45) is 0 Å². The number of terminal acetylenes is 1. The van der Waals surface area contributed by atoms with Gasteiger partial charge in [0.15, 0.2) is 0 Å². The molecule has 0 unspecified atom stereocenters. The molecule has 0 aliphatic rings. The van der Waals surface area contributed by atoms with Gasteiger partial charge in [-0.2, -0.15) is 0 Å². The smallest absolute Gasteiger partial charge is 0.309 e. The van der Waals surface area contributed by atoms with Crippen LogP contribution in [0.2, 0.25) is 0 Å². The van der Waals surface area contributed by atoms with Crippen LogP contribution in [0.1, 0.15) is 5.56 Å². The molecule has 0 bridgehead atoms. The molecule has 20 heavy (non-hydrogen) atoms. The van der Waals surface area contributed by atoms with Crippen LogP contribution >= 0.6 is 11.3 Å². The van der Waals surface area contributed by atoms with Gasteiger partial charge in [0.25, 0.3) is 0 Å². The molecule has 7 heteroatoms. The van der Waals surface area contributed by atoms with E-state index in [0.29, 0.717) is 5.13 Å². The second-order valence-electron chi connectivity index (χ2n) is 3.86. The van der Waals surface area contributed by atoms with Gasteiger partial charge in [0.2, 0.25) is 5.13 Å². The molecular formula is C13H11FN4OS. The predicted octanol–water partition coefficient (Wildman–Crippen LogP) is 2.34. The lowest BCUT2D eigenvalue weighted by molar-refractivity contribution is 0.216. The first-order valence-corrected chi connectivity index (χ1v) is 6.57. The van der Waals surface area contributed by atoms with Gasteiger partial charge in [-0.05, 0) is 17.7 Å². The van der Waals surface area contributed by atoms with Gasteiger partial charge in [0.1, 0.15) is 11.3 Å². The zero-order valence-corrected chi connectivity index (χ0v) is 11.2. The van der Waals surface area contributed by atoms with Crippen molar-refractivity contribution in [1.29, 1.82) is 0 Å². The van der Waals surface area contributed by atoms with Crippen LogP contribution in [0.25, 0.3) is 0 Å². The highest BCUT2D eigenvalue weighted by molar-refractivity contribution is 7.13. The topological polar surface area (TPSA) is 58.1 Å². The monoisotopic (exact) mass is 290 g/mol. The first-order chi connectivity index (χ1) is 9.69. The maximum absolute atomic E-state index is 12.8. The normalized spacial score (nSPS) is 9.80. The van der Waals surface area contributed by atoms with Crippen molar-refractivity contribution in [3.8, 4) is 12.3 Å². The molecule has 0 atom stereocenters. The van der Waals surface area contributed by atoms with Crippen LogP contribution in [-0.2, 0) is 6.54 Å². The largest absolute Gasteiger partial charge is 0.324 e. The molecule has 2 rings (SSSR count). The molecule has 1 N–H and O–H groups in total. The van der Waals surface area contributed by atoms with Gasteiger partial charge in [-0.1, -0.05) is 29.4 Å². The summed E-state index contributed by atoms with van der Waals surface area (Å²) in [6.45, 7) is 0.428. The molecule has 5 nitrogen and oxygen atoms in total. The Balaban J connectivity index is 2.04. The lowest BCUT2D eigenvalue weighted by Crippen LogP contribution is -2.34. The number of rotatable bonds is 4. The van der Waals surface area contributed by atoms with Crippen LogP contribution in [0.5, 0.6) is 0 Å². The maximum Gasteiger partial charge on any atom is 0.324 e. The molecule has 2 amide bonds. The Kier molecular flexibility index (Phi) is 4.63. The Bertz CT molecular complexity index is 606. The van der Waals surface area contributed by atoms with E-state index in [1.54, 1.807) is 12.1 Å². The standard InChI is InChI=1S/C13H11FN4OS/c1-2-7-18(8-10-3-5-11(14)6-4-10)13(19)16-12-17-15-9-20-12/h1,3-6,9H,7-8H2,(H,16,17,19). The van der Waals surface area contributed by atoms with E-state index in [4.69, 9.17) is 6.42 Å². The summed E-state index contributed by atoms with van der Waals surface area (Å²) in [7, 11) is 0. The fourth-order valence-electron chi connectivity index (χ4n) is 1.52. The number of aromatic nitrogens is 2. The third-order valence-electron chi connectivity index (χ3n) is 2.43. The Morgan fingerprint density at radius 1 is 1.45 bits per heavy atom. The molecule has 0 fully saturated rings. The van der Waals surface area contributed by atoms with Crippen LogP contribution in [0.15, 0.2) is 29.8 Å². The molecule has 0 aliphatic heterocycles. The summed E-state index contributed by atoms with van der Waals surface area (Å²) in [6, 6.07) is 5.52. The zero-order valence-electron chi connectivity index (χ0n) is 10.4. The molecule has 0 saturated heterocycles. The summed E-state index contributed by atoms with van der Waals surface area (Å²) in [6.07, 6.45) is 5.26. The summed E-state index contributed by atoms with van der Waals surface area (Å²) < 4.78 is 12.8. The van der Waals surface area contributed by atoms with Crippen LogP contribution in [0.4, 0.5) is 14.3 Å². The molecule has 0 aliphatic carbocycles. The van der Waals surface area contributed by atoms with E-state index in [1.807, 2.05) is 0 Å². The van der Waals surface area contributed by atoms with Gasteiger partial charge >= 0.3 is 6.03 Å². The maximum atomic E-state index is 12.8. The van der Waals surface area contributed by atoms with Crippen LogP contribution in [0.3, 0.4) is 0 Å². The second kappa shape index (κ2) is 6.63. The lowest BCUT2D eigenvalue weighted by Gasteiger charge is -2.20. The number of carbonyl (C=O) groups is 1. The number of nitrogens with zero attached hydrogens (tertiary/aromatic N) is 3. The number of carbonyl (C=O) groups excluding carboxylic acids is 1. The van der Waals surface area contributed by atoms with E-state index in [9.17, 15) is 9.18 Å². The number of amides is 2. The van der Waals surface area contributed by atoms with E-state index < -0.39 is 0 Å². The van der Waals surface area contributed by atoms with Gasteiger partial charge in [-0.25, -0.2) is 9.18 Å². The first-order valence-electron chi connectivity index (χ1n) is 5.69. The highest BCUT2D eigenvalue weighted by Crippen LogP contribution is 2.11. The Morgan fingerprint density at radius 3 is 2.80 bits per heavy atom. The van der Waals surface area contributed by atoms with Crippen molar-refractivity contribution in [1.82, 2.24) is 15.1 Å². The fourth-order valence-corrected chi connectivity index (χ4v) is 1.95. The summed E-state index contributed by atoms with van der Waals surface area (Å²) in [5.74, 6) is 2.09. The summed E-state index contributed by atoms with van der Waals surface area (Å²) in [5, 5.41) is 10.4. The molecule has 0 saturated carbocycles. The number of anilines is 1. The quantitative estimate of drug-likeness (QED) is 0.879. The van der Waals surface area contributed by atoms with Crippen molar-refractivity contribution in [2.45, 2.75) is 6.54 Å². The molecule has 102 valence electrons. The molecular weight excluding hydrogens is 279 g/mol. The van der Waals surface area contributed by atoms with E-state index in [0.717, 1.165) is 5.56 Å². The third kappa shape index (κ3) is 3.76. The first kappa shape index (κ1) is 14.0. The van der Waals surface area contributed by atoms with Crippen molar-refractivity contribution in [3.63, 3.8) is 0 Å². The summed E-state index contributed by atoms with van der Waals surface area (Å²) in [5.41, 5.74) is 2.30. The molecule has 1 heterocycles. The highest BCUT2D eigenvalue weighted by Gasteiger charge is 2.14. The van der Waals surface area contributed by atoms with E-state index in [-0.39, 0.29) is 24.9 Å². The third-order valence-corrected chi connectivity index (χ3v) is 3.04. The average Bonchev–Trinajstić information content (AvgIpc) is 2.93. The minimum atomic E-state index is -0.371. The SMILES string of the molecule is C#CCN(Cc1ccc(F)cc1)C(=O)Nc1nncs1. The molecule has 1 aromatic heterocycles. The van der Waals surface area contributed by atoms with Crippen molar-refractivity contribution in [3.05, 3.63) is 41.2 Å². The highest BCUT2D eigenvalue weighted by atomic mass is 32.1. The van der Waals surface area contributed by atoms with Crippen LogP contribution < -0.4 is 5.32 Å². The number of hydrogen-bond donors (Lipinski definition) is 1. The zero-order chi connectivity index (χ0) is 14.4. The number of hydrogen-bond acceptors (Lipinski definition) is 4.